The fraction of sp³-hybridized carbons (Fsp3) is 1.00. The fourth-order valence-electron chi connectivity index (χ4n) is 2.53. The summed E-state index contributed by atoms with van der Waals surface area (Å²) in [5.74, 6) is 0. The summed E-state index contributed by atoms with van der Waals surface area (Å²) in [6.45, 7) is 8.25. The molecule has 2 heterocycles. The molecule has 0 saturated carbocycles. The lowest BCUT2D eigenvalue weighted by Gasteiger charge is -2.19. The van der Waals surface area contributed by atoms with E-state index in [0.29, 0.717) is 24.5 Å². The van der Waals surface area contributed by atoms with Crippen molar-refractivity contribution in [1.29, 1.82) is 0 Å². The van der Waals surface area contributed by atoms with Gasteiger partial charge < -0.3 is 9.47 Å². The number of hydrogen-bond acceptors (Lipinski definition) is 3. The Kier molecular flexibility index (Phi) is 3.10. The van der Waals surface area contributed by atoms with Crippen LogP contribution in [0.3, 0.4) is 0 Å². The second kappa shape index (κ2) is 4.17. The average molecular weight is 199 g/mol. The molecule has 0 spiro atoms. The Hall–Kier alpha value is -0.120. The molecule has 0 aromatic carbocycles. The van der Waals surface area contributed by atoms with Crippen molar-refractivity contribution in [3.8, 4) is 0 Å². The first-order chi connectivity index (χ1) is 6.68. The van der Waals surface area contributed by atoms with Gasteiger partial charge in [0.15, 0.2) is 0 Å². The van der Waals surface area contributed by atoms with Crippen LogP contribution in [0.1, 0.15) is 33.6 Å². The van der Waals surface area contributed by atoms with Gasteiger partial charge in [-0.1, -0.05) is 0 Å². The summed E-state index contributed by atoms with van der Waals surface area (Å²) in [5, 5.41) is 0. The van der Waals surface area contributed by atoms with Crippen LogP contribution in [0.25, 0.3) is 0 Å². The fourth-order valence-corrected chi connectivity index (χ4v) is 2.53. The topological polar surface area (TPSA) is 21.7 Å². The van der Waals surface area contributed by atoms with Crippen molar-refractivity contribution in [3.05, 3.63) is 0 Å². The predicted molar refractivity (Wildman–Crippen MR) is 55.2 cm³/mol. The molecule has 3 heteroatoms. The van der Waals surface area contributed by atoms with Crippen LogP contribution in [0.4, 0.5) is 0 Å². The summed E-state index contributed by atoms with van der Waals surface area (Å²) >= 11 is 0. The van der Waals surface area contributed by atoms with Crippen molar-refractivity contribution < 1.29 is 9.47 Å². The second-order valence-corrected chi connectivity index (χ2v) is 4.60. The van der Waals surface area contributed by atoms with Crippen molar-refractivity contribution in [1.82, 2.24) is 4.90 Å². The van der Waals surface area contributed by atoms with Crippen molar-refractivity contribution in [2.24, 2.45) is 0 Å². The van der Waals surface area contributed by atoms with Gasteiger partial charge in [0.25, 0.3) is 0 Å². The van der Waals surface area contributed by atoms with E-state index in [2.05, 4.69) is 25.7 Å². The van der Waals surface area contributed by atoms with Crippen LogP contribution in [-0.4, -0.2) is 42.5 Å². The van der Waals surface area contributed by atoms with E-state index in [1.54, 1.807) is 0 Å². The lowest BCUT2D eigenvalue weighted by molar-refractivity contribution is -0.0420. The molecule has 2 aliphatic rings. The van der Waals surface area contributed by atoms with E-state index in [4.69, 9.17) is 9.47 Å². The third kappa shape index (κ3) is 1.95. The molecule has 0 N–H and O–H groups in total. The van der Waals surface area contributed by atoms with Crippen LogP contribution in [0.15, 0.2) is 0 Å². The van der Waals surface area contributed by atoms with Crippen LogP contribution in [0, 0.1) is 0 Å². The Balaban J connectivity index is 1.87. The van der Waals surface area contributed by atoms with Gasteiger partial charge in [-0.3, -0.25) is 4.90 Å². The summed E-state index contributed by atoms with van der Waals surface area (Å²) < 4.78 is 11.5. The molecule has 0 aliphatic carbocycles. The maximum absolute atomic E-state index is 5.88. The minimum atomic E-state index is 0.295. The van der Waals surface area contributed by atoms with Gasteiger partial charge in [0.05, 0.1) is 18.8 Å². The van der Waals surface area contributed by atoms with Gasteiger partial charge in [0, 0.05) is 12.6 Å². The van der Waals surface area contributed by atoms with E-state index < -0.39 is 0 Å². The van der Waals surface area contributed by atoms with E-state index in [9.17, 15) is 0 Å². The van der Waals surface area contributed by atoms with Crippen molar-refractivity contribution >= 4 is 0 Å². The first-order valence-electron chi connectivity index (χ1n) is 5.71. The minimum absolute atomic E-state index is 0.295. The molecule has 14 heavy (non-hydrogen) atoms. The molecule has 0 aromatic rings. The van der Waals surface area contributed by atoms with E-state index >= 15 is 0 Å². The maximum atomic E-state index is 5.88. The zero-order valence-corrected chi connectivity index (χ0v) is 9.40. The lowest BCUT2D eigenvalue weighted by Crippen LogP contribution is -2.34. The second-order valence-electron chi connectivity index (χ2n) is 4.60. The van der Waals surface area contributed by atoms with Gasteiger partial charge in [-0.25, -0.2) is 0 Å². The first-order valence-corrected chi connectivity index (χ1v) is 5.71. The van der Waals surface area contributed by atoms with Gasteiger partial charge >= 0.3 is 0 Å². The molecule has 3 unspecified atom stereocenters. The van der Waals surface area contributed by atoms with Crippen molar-refractivity contribution in [2.45, 2.75) is 58.1 Å². The molecular weight excluding hydrogens is 178 g/mol. The van der Waals surface area contributed by atoms with Crippen LogP contribution in [-0.2, 0) is 9.47 Å². The molecule has 2 aliphatic heterocycles. The highest BCUT2D eigenvalue weighted by atomic mass is 16.6. The highest BCUT2D eigenvalue weighted by Crippen LogP contribution is 2.31. The smallest absolute Gasteiger partial charge is 0.108 e. The Morgan fingerprint density at radius 1 is 1.50 bits per heavy atom. The summed E-state index contributed by atoms with van der Waals surface area (Å²) in [5.41, 5.74) is 0. The molecule has 3 atom stereocenters. The lowest BCUT2D eigenvalue weighted by atomic mass is 10.1. The quantitative estimate of drug-likeness (QED) is 0.689. The third-order valence-electron chi connectivity index (χ3n) is 3.20. The van der Waals surface area contributed by atoms with Crippen LogP contribution >= 0.6 is 0 Å². The molecular formula is C11H21NO2. The van der Waals surface area contributed by atoms with Gasteiger partial charge in [0.1, 0.15) is 6.23 Å². The number of ether oxygens (including phenoxy) is 2. The van der Waals surface area contributed by atoms with Crippen LogP contribution < -0.4 is 0 Å². The van der Waals surface area contributed by atoms with E-state index in [1.807, 2.05) is 0 Å². The molecule has 0 amide bonds. The third-order valence-corrected chi connectivity index (χ3v) is 3.20. The van der Waals surface area contributed by atoms with E-state index in [-0.39, 0.29) is 0 Å². The molecule has 0 bridgehead atoms. The molecule has 0 aromatic heterocycles. The summed E-state index contributed by atoms with van der Waals surface area (Å²) in [7, 11) is 0. The number of fused-ring (bicyclic) bond motifs is 1. The average Bonchev–Trinajstić information content (AvgIpc) is 2.67. The van der Waals surface area contributed by atoms with Gasteiger partial charge in [-0.2, -0.15) is 0 Å². The van der Waals surface area contributed by atoms with E-state index in [0.717, 1.165) is 6.61 Å². The first kappa shape index (κ1) is 10.4. The standard InChI is InChI=1S/C11H21NO2/c1-8(2)13-7-11-10-5-4-6-12(10)9(3)14-11/h8-11H,4-7H2,1-3H3. The molecule has 2 saturated heterocycles. The Morgan fingerprint density at radius 2 is 2.29 bits per heavy atom. The largest absolute Gasteiger partial charge is 0.376 e. The van der Waals surface area contributed by atoms with Gasteiger partial charge in [-0.05, 0) is 33.6 Å². The van der Waals surface area contributed by atoms with Crippen molar-refractivity contribution in [2.75, 3.05) is 13.2 Å². The Bertz CT molecular complexity index is 196. The Labute approximate surface area is 86.4 Å². The summed E-state index contributed by atoms with van der Waals surface area (Å²) in [4.78, 5) is 2.47. The SMILES string of the molecule is CC(C)OCC1OC(C)N2CCCC12. The zero-order valence-electron chi connectivity index (χ0n) is 9.40. The Morgan fingerprint density at radius 3 is 3.00 bits per heavy atom. The normalized spacial score (nSPS) is 38.1. The van der Waals surface area contributed by atoms with Gasteiger partial charge in [0.2, 0.25) is 0 Å². The summed E-state index contributed by atoms with van der Waals surface area (Å²) in [6.07, 6.45) is 3.50. The highest BCUT2D eigenvalue weighted by Gasteiger charge is 2.42. The van der Waals surface area contributed by atoms with E-state index in [1.165, 1.54) is 19.4 Å². The van der Waals surface area contributed by atoms with Crippen LogP contribution in [0.2, 0.25) is 0 Å². The molecule has 3 nitrogen and oxygen atoms in total. The predicted octanol–water partition coefficient (Wildman–Crippen LogP) is 1.62. The molecule has 2 rings (SSSR count). The van der Waals surface area contributed by atoms with Crippen molar-refractivity contribution in [3.63, 3.8) is 0 Å². The zero-order chi connectivity index (χ0) is 10.1. The molecule has 2 fully saturated rings. The maximum Gasteiger partial charge on any atom is 0.108 e. The molecule has 82 valence electrons. The number of nitrogens with zero attached hydrogens (tertiary/aromatic N) is 1. The highest BCUT2D eigenvalue weighted by molar-refractivity contribution is 4.91. The number of rotatable bonds is 3. The minimum Gasteiger partial charge on any atom is -0.376 e. The van der Waals surface area contributed by atoms with Gasteiger partial charge in [-0.15, -0.1) is 0 Å². The van der Waals surface area contributed by atoms with Crippen LogP contribution in [0.5, 0.6) is 0 Å². The summed E-state index contributed by atoms with van der Waals surface area (Å²) in [6, 6.07) is 0.615. The molecule has 0 radical (unpaired) electrons. The monoisotopic (exact) mass is 199 g/mol. The number of hydrogen-bond donors (Lipinski definition) is 0.